The van der Waals surface area contributed by atoms with E-state index in [4.69, 9.17) is 36.7 Å². The summed E-state index contributed by atoms with van der Waals surface area (Å²) in [6, 6.07) is 24.0. The molecule has 0 aromatic heterocycles. The number of hydrogen-bond acceptors (Lipinski definition) is 3. The van der Waals surface area contributed by atoms with Gasteiger partial charge in [0.15, 0.2) is 0 Å². The third-order valence-corrected chi connectivity index (χ3v) is 5.38. The van der Waals surface area contributed by atoms with Gasteiger partial charge >= 0.3 is 16.8 Å². The predicted octanol–water partition coefficient (Wildman–Crippen LogP) is 7.80. The third kappa shape index (κ3) is 12.9. The molecule has 7 heteroatoms. The average molecular weight is 564 g/mol. The van der Waals surface area contributed by atoms with E-state index in [1.807, 2.05) is 93.6 Å². The molecule has 0 aliphatic carbocycles. The number of aryl methyl sites for hydroxylation is 3. The summed E-state index contributed by atoms with van der Waals surface area (Å²) in [5, 5.41) is 0. The molecule has 0 atom stereocenters. The molecule has 0 aliphatic heterocycles. The Morgan fingerprint density at radius 3 is 0.742 bits per heavy atom. The maximum absolute atomic E-state index is 4.87. The molecule has 0 nitrogen and oxygen atoms in total. The molecule has 0 saturated heterocycles. The van der Waals surface area contributed by atoms with Crippen molar-refractivity contribution in [3.8, 4) is 0 Å². The van der Waals surface area contributed by atoms with E-state index < -0.39 is 0 Å². The van der Waals surface area contributed by atoms with Crippen molar-refractivity contribution < 1.29 is 16.8 Å². The second-order valence-electron chi connectivity index (χ2n) is 6.51. The van der Waals surface area contributed by atoms with Gasteiger partial charge in [0, 0.05) is 0 Å². The zero-order valence-electron chi connectivity index (χ0n) is 17.3. The van der Waals surface area contributed by atoms with Gasteiger partial charge < -0.3 is 0 Å². The number of thiol groups is 3. The first-order chi connectivity index (χ1) is 14.1. The van der Waals surface area contributed by atoms with Crippen molar-refractivity contribution in [2.45, 2.75) is 20.8 Å². The van der Waals surface area contributed by atoms with Gasteiger partial charge in [-0.3, -0.25) is 0 Å². The van der Waals surface area contributed by atoms with Crippen LogP contribution in [0.25, 0.3) is 0 Å². The van der Waals surface area contributed by atoms with Gasteiger partial charge in [-0.05, 0) is 37.5 Å². The fraction of sp³-hybridized carbons (Fsp3) is 0.125. The van der Waals surface area contributed by atoms with E-state index in [0.717, 1.165) is 16.7 Å². The largest absolute Gasteiger partial charge is 3.00 e. The second-order valence-corrected chi connectivity index (χ2v) is 9.99. The Balaban J connectivity index is 0.000000429. The summed E-state index contributed by atoms with van der Waals surface area (Å²) in [6.45, 7) is 6.14. The SMILES string of the molecule is Cc1ccc(C(=S)S)cc1.Cc1ccc(C(=S)S)cc1.Cc1ccc(C(=S)S)cc1.[Co+3]. The van der Waals surface area contributed by atoms with Crippen molar-refractivity contribution in [2.75, 3.05) is 0 Å². The number of hydrogen-bond donors (Lipinski definition) is 3. The smallest absolute Gasteiger partial charge is 0.131 e. The maximum atomic E-state index is 4.87. The molecule has 162 valence electrons. The summed E-state index contributed by atoms with van der Waals surface area (Å²) in [7, 11) is 0. The van der Waals surface area contributed by atoms with Crippen LogP contribution in [0.15, 0.2) is 72.8 Å². The monoisotopic (exact) mass is 563 g/mol. The van der Waals surface area contributed by atoms with Crippen molar-refractivity contribution in [1.82, 2.24) is 0 Å². The standard InChI is InChI=1S/3C8H8S2.Co/c3*1-6-2-4-7(5-3-6)8(9)10;/h3*2-5H,1H3,(H,9,10);/q;;;+3. The van der Waals surface area contributed by atoms with Crippen molar-refractivity contribution >= 4 is 87.1 Å². The van der Waals surface area contributed by atoms with Crippen molar-refractivity contribution in [1.29, 1.82) is 0 Å². The van der Waals surface area contributed by atoms with Crippen LogP contribution in [0.5, 0.6) is 0 Å². The van der Waals surface area contributed by atoms with Gasteiger partial charge in [0.2, 0.25) is 0 Å². The van der Waals surface area contributed by atoms with E-state index in [-0.39, 0.29) is 16.8 Å². The molecule has 0 N–H and O–H groups in total. The Bertz CT molecular complexity index is 846. The molecule has 0 saturated carbocycles. The Kier molecular flexibility index (Phi) is 15.9. The topological polar surface area (TPSA) is 0 Å². The molecule has 0 spiro atoms. The van der Waals surface area contributed by atoms with Crippen molar-refractivity contribution in [3.05, 3.63) is 106 Å². The fourth-order valence-electron chi connectivity index (χ4n) is 2.09. The van der Waals surface area contributed by atoms with E-state index in [2.05, 4.69) is 37.9 Å². The van der Waals surface area contributed by atoms with Crippen molar-refractivity contribution in [2.24, 2.45) is 0 Å². The third-order valence-electron chi connectivity index (χ3n) is 3.90. The Morgan fingerprint density at radius 1 is 0.452 bits per heavy atom. The van der Waals surface area contributed by atoms with Gasteiger partial charge in [0.25, 0.3) is 0 Å². The van der Waals surface area contributed by atoms with E-state index in [1.165, 1.54) is 16.7 Å². The molecular formula is C24H24CoS6+3. The molecule has 3 aromatic carbocycles. The fourth-order valence-corrected chi connectivity index (χ4v) is 2.94. The van der Waals surface area contributed by atoms with Crippen LogP contribution >= 0.6 is 74.5 Å². The first kappa shape index (κ1) is 30.5. The van der Waals surface area contributed by atoms with E-state index in [0.29, 0.717) is 12.6 Å². The molecule has 0 aliphatic rings. The van der Waals surface area contributed by atoms with Gasteiger partial charge in [0.1, 0.15) is 0 Å². The van der Waals surface area contributed by atoms with Gasteiger partial charge in [-0.1, -0.05) is 126 Å². The van der Waals surface area contributed by atoms with Crippen LogP contribution in [0.3, 0.4) is 0 Å². The molecule has 3 aromatic rings. The summed E-state index contributed by atoms with van der Waals surface area (Å²) >= 11 is 26.8. The summed E-state index contributed by atoms with van der Waals surface area (Å²) in [5.74, 6) is 0. The average Bonchev–Trinajstić information content (AvgIpc) is 2.70. The zero-order valence-corrected chi connectivity index (χ0v) is 23.5. The predicted molar refractivity (Wildman–Crippen MR) is 156 cm³/mol. The Hall–Kier alpha value is -0.514. The minimum Gasteiger partial charge on any atom is -0.131 e. The second kappa shape index (κ2) is 16.2. The van der Waals surface area contributed by atoms with Crippen LogP contribution in [0.1, 0.15) is 33.4 Å². The van der Waals surface area contributed by atoms with Gasteiger partial charge in [-0.25, -0.2) is 0 Å². The molecule has 0 amide bonds. The zero-order chi connectivity index (χ0) is 22.7. The van der Waals surface area contributed by atoms with Gasteiger partial charge in [-0.2, -0.15) is 0 Å². The van der Waals surface area contributed by atoms with Crippen LogP contribution < -0.4 is 0 Å². The summed E-state index contributed by atoms with van der Waals surface area (Å²) in [5.41, 5.74) is 6.78. The molecule has 0 fully saturated rings. The van der Waals surface area contributed by atoms with Gasteiger partial charge in [-0.15, -0.1) is 37.9 Å². The minimum atomic E-state index is 0. The molecule has 0 unspecified atom stereocenters. The number of thiocarbonyl (C=S) groups is 3. The molecular weight excluding hydrogens is 540 g/mol. The first-order valence-corrected chi connectivity index (χ1v) is 11.6. The minimum absolute atomic E-state index is 0. The summed E-state index contributed by atoms with van der Waals surface area (Å²) in [6.07, 6.45) is 0. The van der Waals surface area contributed by atoms with E-state index >= 15 is 0 Å². The summed E-state index contributed by atoms with van der Waals surface area (Å²) < 4.78 is 1.96. The van der Waals surface area contributed by atoms with Crippen LogP contribution in [-0.4, -0.2) is 12.6 Å². The van der Waals surface area contributed by atoms with Crippen LogP contribution in [0.2, 0.25) is 0 Å². The Morgan fingerprint density at radius 2 is 0.613 bits per heavy atom. The normalized spacial score (nSPS) is 9.10. The van der Waals surface area contributed by atoms with Crippen LogP contribution in [-0.2, 0) is 16.8 Å². The maximum Gasteiger partial charge on any atom is 3.00 e. The van der Waals surface area contributed by atoms with E-state index in [9.17, 15) is 0 Å². The quantitative estimate of drug-likeness (QED) is 0.220. The van der Waals surface area contributed by atoms with Crippen molar-refractivity contribution in [3.63, 3.8) is 0 Å². The molecule has 0 heterocycles. The van der Waals surface area contributed by atoms with Crippen LogP contribution in [0, 0.1) is 20.8 Å². The van der Waals surface area contributed by atoms with Gasteiger partial charge in [0.05, 0.1) is 12.6 Å². The van der Waals surface area contributed by atoms with E-state index in [1.54, 1.807) is 0 Å². The first-order valence-electron chi connectivity index (χ1n) is 9.00. The summed E-state index contributed by atoms with van der Waals surface area (Å²) in [4.78, 5) is 0. The van der Waals surface area contributed by atoms with Crippen LogP contribution in [0.4, 0.5) is 0 Å². The number of benzene rings is 3. The molecule has 0 bridgehead atoms. The Labute approximate surface area is 229 Å². The number of rotatable bonds is 3. The molecule has 3 rings (SSSR count). The molecule has 0 radical (unpaired) electrons. The molecule has 31 heavy (non-hydrogen) atoms.